The van der Waals surface area contributed by atoms with Crippen LogP contribution in [0.5, 0.6) is 5.88 Å². The molecule has 1 fully saturated rings. The number of alkyl halides is 3. The summed E-state index contributed by atoms with van der Waals surface area (Å²) in [6, 6.07) is 4.96. The van der Waals surface area contributed by atoms with Crippen LogP contribution in [0.1, 0.15) is 29.8 Å². The van der Waals surface area contributed by atoms with Crippen LogP contribution in [0.2, 0.25) is 5.02 Å². The second kappa shape index (κ2) is 9.69. The molecule has 0 aromatic carbocycles. The summed E-state index contributed by atoms with van der Waals surface area (Å²) < 4.78 is 46.9. The van der Waals surface area contributed by atoms with Crippen LogP contribution < -0.4 is 15.0 Å². The number of morpholine rings is 1. The van der Waals surface area contributed by atoms with E-state index >= 15 is 0 Å². The van der Waals surface area contributed by atoms with Gasteiger partial charge in [-0.1, -0.05) is 17.7 Å². The topological polar surface area (TPSA) is 76.6 Å². The van der Waals surface area contributed by atoms with Gasteiger partial charge in [0.15, 0.2) is 6.61 Å². The highest BCUT2D eigenvalue weighted by Crippen LogP contribution is 2.25. The fourth-order valence-electron chi connectivity index (χ4n) is 3.16. The summed E-state index contributed by atoms with van der Waals surface area (Å²) in [5.41, 5.74) is 0.890. The van der Waals surface area contributed by atoms with Gasteiger partial charge in [0.05, 0.1) is 17.8 Å². The molecule has 0 radical (unpaired) electrons. The average Bonchev–Trinajstić information content (AvgIpc) is 2.70. The molecule has 2 atom stereocenters. The van der Waals surface area contributed by atoms with Gasteiger partial charge in [0.2, 0.25) is 5.88 Å². The monoisotopic (exact) mass is 458 g/mol. The highest BCUT2D eigenvalue weighted by molar-refractivity contribution is 6.32. The maximum absolute atomic E-state index is 12.3. The Balaban J connectivity index is 1.55. The second-order valence-electron chi connectivity index (χ2n) is 7.28. The van der Waals surface area contributed by atoms with Gasteiger partial charge in [-0.05, 0) is 31.5 Å². The number of amides is 1. The summed E-state index contributed by atoms with van der Waals surface area (Å²) in [7, 11) is 0. The number of hydrogen-bond acceptors (Lipinski definition) is 6. The Bertz CT molecular complexity index is 902. The van der Waals surface area contributed by atoms with E-state index in [1.165, 1.54) is 6.07 Å². The number of ether oxygens (including phenoxy) is 2. The van der Waals surface area contributed by atoms with Gasteiger partial charge in [0.1, 0.15) is 10.8 Å². The fourth-order valence-corrected chi connectivity index (χ4v) is 3.38. The van der Waals surface area contributed by atoms with E-state index in [9.17, 15) is 18.0 Å². The third-order valence-electron chi connectivity index (χ3n) is 4.45. The van der Waals surface area contributed by atoms with E-state index in [0.717, 1.165) is 30.7 Å². The molecule has 1 saturated heterocycles. The lowest BCUT2D eigenvalue weighted by Crippen LogP contribution is -2.45. The first-order valence-electron chi connectivity index (χ1n) is 9.59. The molecule has 2 aromatic rings. The number of carbonyl (C=O) groups is 1. The van der Waals surface area contributed by atoms with Crippen molar-refractivity contribution >= 4 is 23.3 Å². The Hall–Kier alpha value is -2.59. The first-order valence-corrected chi connectivity index (χ1v) is 9.97. The van der Waals surface area contributed by atoms with Crippen molar-refractivity contribution in [2.75, 3.05) is 24.6 Å². The van der Waals surface area contributed by atoms with Gasteiger partial charge in [-0.25, -0.2) is 9.97 Å². The van der Waals surface area contributed by atoms with Crippen LogP contribution in [0, 0.1) is 0 Å². The number of nitrogens with zero attached hydrogens (tertiary/aromatic N) is 3. The largest absolute Gasteiger partial charge is 0.467 e. The van der Waals surface area contributed by atoms with E-state index in [1.54, 1.807) is 6.20 Å². The Kier molecular flexibility index (Phi) is 7.22. The van der Waals surface area contributed by atoms with Crippen LogP contribution in [0.15, 0.2) is 30.6 Å². The zero-order valence-corrected chi connectivity index (χ0v) is 17.7. The molecule has 3 rings (SSSR count). The Morgan fingerprint density at radius 3 is 2.55 bits per heavy atom. The number of aromatic nitrogens is 2. The molecule has 168 valence electrons. The van der Waals surface area contributed by atoms with E-state index in [-0.39, 0.29) is 35.2 Å². The number of halogens is 4. The normalized spacial score (nSPS) is 19.2. The average molecular weight is 459 g/mol. The van der Waals surface area contributed by atoms with Crippen molar-refractivity contribution in [1.29, 1.82) is 0 Å². The van der Waals surface area contributed by atoms with E-state index < -0.39 is 18.7 Å². The van der Waals surface area contributed by atoms with Crippen LogP contribution in [-0.2, 0) is 11.3 Å². The number of pyridine rings is 2. The maximum atomic E-state index is 12.3. The van der Waals surface area contributed by atoms with E-state index in [0.29, 0.717) is 0 Å². The SMILES string of the molecule is CC1CN(c2ccc(CNC(=O)c3cnc(OCC(F)(F)F)c(Cl)c3)cn2)CC(C)O1. The summed E-state index contributed by atoms with van der Waals surface area (Å²) >= 11 is 5.87. The van der Waals surface area contributed by atoms with Crippen LogP contribution in [-0.4, -0.2) is 54.0 Å². The van der Waals surface area contributed by atoms with Crippen LogP contribution in [0.4, 0.5) is 19.0 Å². The highest BCUT2D eigenvalue weighted by atomic mass is 35.5. The Morgan fingerprint density at radius 1 is 1.26 bits per heavy atom. The highest BCUT2D eigenvalue weighted by Gasteiger charge is 2.29. The van der Waals surface area contributed by atoms with Gasteiger partial charge in [0, 0.05) is 32.0 Å². The molecule has 31 heavy (non-hydrogen) atoms. The quantitative estimate of drug-likeness (QED) is 0.712. The summed E-state index contributed by atoms with van der Waals surface area (Å²) in [6.07, 6.45) is -1.48. The third-order valence-corrected chi connectivity index (χ3v) is 4.72. The predicted octanol–water partition coefficient (Wildman–Crippen LogP) is 3.61. The molecule has 3 heterocycles. The molecule has 2 aromatic heterocycles. The van der Waals surface area contributed by atoms with Crippen molar-refractivity contribution in [3.63, 3.8) is 0 Å². The fraction of sp³-hybridized carbons (Fsp3) is 0.450. The predicted molar refractivity (Wildman–Crippen MR) is 108 cm³/mol. The lowest BCUT2D eigenvalue weighted by molar-refractivity contribution is -0.154. The lowest BCUT2D eigenvalue weighted by atomic mass is 10.2. The van der Waals surface area contributed by atoms with Crippen molar-refractivity contribution in [3.05, 3.63) is 46.7 Å². The number of carbonyl (C=O) groups excluding carboxylic acids is 1. The smallest absolute Gasteiger partial charge is 0.422 e. The van der Waals surface area contributed by atoms with Crippen molar-refractivity contribution in [2.45, 2.75) is 38.8 Å². The van der Waals surface area contributed by atoms with Crippen molar-refractivity contribution < 1.29 is 27.4 Å². The molecule has 1 amide bonds. The molecular weight excluding hydrogens is 437 g/mol. The minimum atomic E-state index is -4.51. The zero-order valence-electron chi connectivity index (χ0n) is 16.9. The van der Waals surface area contributed by atoms with Gasteiger partial charge >= 0.3 is 6.18 Å². The molecular formula is C20H22ClF3N4O3. The summed E-state index contributed by atoms with van der Waals surface area (Å²) in [6.45, 7) is 4.24. The minimum Gasteiger partial charge on any atom is -0.467 e. The molecule has 11 heteroatoms. The Labute approximate surface area is 182 Å². The van der Waals surface area contributed by atoms with Gasteiger partial charge in [0.25, 0.3) is 5.91 Å². The number of anilines is 1. The maximum Gasteiger partial charge on any atom is 0.422 e. The van der Waals surface area contributed by atoms with Crippen molar-refractivity contribution in [1.82, 2.24) is 15.3 Å². The van der Waals surface area contributed by atoms with Crippen LogP contribution in [0.25, 0.3) is 0 Å². The van der Waals surface area contributed by atoms with Gasteiger partial charge in [-0.15, -0.1) is 0 Å². The zero-order chi connectivity index (χ0) is 22.6. The summed E-state index contributed by atoms with van der Waals surface area (Å²) in [4.78, 5) is 22.6. The van der Waals surface area contributed by atoms with Crippen LogP contribution in [0.3, 0.4) is 0 Å². The standard InChI is InChI=1S/C20H22ClF3N4O3/c1-12-9-28(10-13(2)31-12)17-4-3-14(6-25-17)7-26-18(29)15-5-16(21)19(27-8-15)30-11-20(22,23)24/h3-6,8,12-13H,7,9-11H2,1-2H3,(H,26,29). The lowest BCUT2D eigenvalue weighted by Gasteiger charge is -2.36. The molecule has 0 aliphatic carbocycles. The molecule has 1 N–H and O–H groups in total. The molecule has 1 aliphatic heterocycles. The first kappa shape index (κ1) is 23.1. The van der Waals surface area contributed by atoms with Gasteiger partial charge in [-0.3, -0.25) is 4.79 Å². The second-order valence-corrected chi connectivity index (χ2v) is 7.69. The molecule has 0 saturated carbocycles. The van der Waals surface area contributed by atoms with E-state index in [2.05, 4.69) is 24.9 Å². The van der Waals surface area contributed by atoms with Crippen molar-refractivity contribution in [3.8, 4) is 5.88 Å². The third kappa shape index (κ3) is 6.70. The summed E-state index contributed by atoms with van der Waals surface area (Å²) in [5.74, 6) is -0.0266. The molecule has 1 aliphatic rings. The molecule has 2 unspecified atom stereocenters. The van der Waals surface area contributed by atoms with Crippen LogP contribution >= 0.6 is 11.6 Å². The Morgan fingerprint density at radius 2 is 1.97 bits per heavy atom. The van der Waals surface area contributed by atoms with E-state index in [4.69, 9.17) is 16.3 Å². The van der Waals surface area contributed by atoms with Crippen molar-refractivity contribution in [2.24, 2.45) is 0 Å². The molecule has 7 nitrogen and oxygen atoms in total. The summed E-state index contributed by atoms with van der Waals surface area (Å²) in [5, 5.41) is 2.52. The minimum absolute atomic E-state index is 0.102. The number of rotatable bonds is 6. The molecule has 0 spiro atoms. The van der Waals surface area contributed by atoms with Gasteiger partial charge in [-0.2, -0.15) is 13.2 Å². The first-order chi connectivity index (χ1) is 14.6. The molecule has 0 bridgehead atoms. The number of nitrogens with one attached hydrogen (secondary N) is 1. The number of hydrogen-bond donors (Lipinski definition) is 1. The van der Waals surface area contributed by atoms with Gasteiger partial charge < -0.3 is 19.7 Å². The van der Waals surface area contributed by atoms with E-state index in [1.807, 2.05) is 26.0 Å².